The molecule has 0 heterocycles. The SMILES string of the molecule is C=CC(=O)NC(C)(C)CS(=O)(=O)ONC(=O)C(=C)C. The van der Waals surface area contributed by atoms with Crippen molar-refractivity contribution >= 4 is 21.9 Å². The number of hydroxylamine groups is 1. The van der Waals surface area contributed by atoms with Crippen molar-refractivity contribution in [1.82, 2.24) is 10.8 Å². The van der Waals surface area contributed by atoms with Crippen LogP contribution >= 0.6 is 0 Å². The maximum atomic E-state index is 11.6. The number of amides is 2. The first-order valence-electron chi connectivity index (χ1n) is 5.31. The van der Waals surface area contributed by atoms with Gasteiger partial charge in [0.1, 0.15) is 5.75 Å². The summed E-state index contributed by atoms with van der Waals surface area (Å²) in [6, 6.07) is 0. The summed E-state index contributed by atoms with van der Waals surface area (Å²) in [6.45, 7) is 11.0. The van der Waals surface area contributed by atoms with Crippen molar-refractivity contribution in [2.45, 2.75) is 26.3 Å². The van der Waals surface area contributed by atoms with E-state index in [9.17, 15) is 18.0 Å². The van der Waals surface area contributed by atoms with E-state index in [1.165, 1.54) is 20.8 Å². The van der Waals surface area contributed by atoms with Crippen LogP contribution in [0.15, 0.2) is 24.8 Å². The summed E-state index contributed by atoms with van der Waals surface area (Å²) in [7, 11) is -4.04. The van der Waals surface area contributed by atoms with Gasteiger partial charge in [-0.1, -0.05) is 13.2 Å². The van der Waals surface area contributed by atoms with Gasteiger partial charge >= 0.3 is 0 Å². The molecule has 0 aliphatic heterocycles. The summed E-state index contributed by atoms with van der Waals surface area (Å²) in [5.74, 6) is -1.77. The maximum Gasteiger partial charge on any atom is 0.290 e. The van der Waals surface area contributed by atoms with Gasteiger partial charge in [0, 0.05) is 5.57 Å². The van der Waals surface area contributed by atoms with Gasteiger partial charge in [0.2, 0.25) is 5.91 Å². The van der Waals surface area contributed by atoms with Gasteiger partial charge in [0.15, 0.2) is 0 Å². The molecule has 0 aliphatic carbocycles. The second kappa shape index (κ2) is 6.48. The molecule has 0 fully saturated rings. The van der Waals surface area contributed by atoms with E-state index >= 15 is 0 Å². The Morgan fingerprint density at radius 3 is 2.32 bits per heavy atom. The van der Waals surface area contributed by atoms with Crippen molar-refractivity contribution < 1.29 is 22.3 Å². The first-order chi connectivity index (χ1) is 8.49. The van der Waals surface area contributed by atoms with Gasteiger partial charge in [-0.05, 0) is 26.8 Å². The number of rotatable bonds is 7. The Bertz CT molecular complexity index is 493. The lowest BCUT2D eigenvalue weighted by Crippen LogP contribution is -2.48. The fraction of sp³-hybridized carbons (Fsp3) is 0.455. The highest BCUT2D eigenvalue weighted by atomic mass is 32.2. The van der Waals surface area contributed by atoms with Crippen molar-refractivity contribution in [3.8, 4) is 0 Å². The molecule has 19 heavy (non-hydrogen) atoms. The molecule has 0 aromatic carbocycles. The van der Waals surface area contributed by atoms with E-state index in [4.69, 9.17) is 0 Å². The van der Waals surface area contributed by atoms with Crippen molar-refractivity contribution in [3.63, 3.8) is 0 Å². The van der Waals surface area contributed by atoms with E-state index in [0.29, 0.717) is 0 Å². The van der Waals surface area contributed by atoms with Crippen molar-refractivity contribution in [2.75, 3.05) is 5.75 Å². The Hall–Kier alpha value is -1.67. The number of carbonyl (C=O) groups excluding carboxylic acids is 2. The minimum Gasteiger partial charge on any atom is -0.347 e. The average Bonchev–Trinajstić information content (AvgIpc) is 2.23. The zero-order chi connectivity index (χ0) is 15.3. The molecule has 0 saturated heterocycles. The maximum absolute atomic E-state index is 11.6. The number of hydrogen-bond acceptors (Lipinski definition) is 5. The zero-order valence-electron chi connectivity index (χ0n) is 11.1. The van der Waals surface area contributed by atoms with Gasteiger partial charge in [0.05, 0.1) is 5.54 Å². The van der Waals surface area contributed by atoms with Gasteiger partial charge in [-0.25, -0.2) is 5.48 Å². The Kier molecular flexibility index (Phi) is 5.91. The van der Waals surface area contributed by atoms with Crippen LogP contribution < -0.4 is 10.8 Å². The molecular formula is C11H18N2O5S. The quantitative estimate of drug-likeness (QED) is 0.508. The second-order valence-corrected chi connectivity index (χ2v) is 6.14. The molecule has 0 bridgehead atoms. The van der Waals surface area contributed by atoms with Crippen LogP contribution in [0.4, 0.5) is 0 Å². The van der Waals surface area contributed by atoms with Crippen molar-refractivity contribution in [1.29, 1.82) is 0 Å². The van der Waals surface area contributed by atoms with Gasteiger partial charge in [-0.2, -0.15) is 8.42 Å². The van der Waals surface area contributed by atoms with Crippen LogP contribution in [0, 0.1) is 0 Å². The van der Waals surface area contributed by atoms with Crippen molar-refractivity contribution in [3.05, 3.63) is 24.8 Å². The molecule has 0 atom stereocenters. The highest BCUT2D eigenvalue weighted by Crippen LogP contribution is 2.08. The van der Waals surface area contributed by atoms with Crippen LogP contribution in [-0.2, 0) is 24.0 Å². The lowest BCUT2D eigenvalue weighted by molar-refractivity contribution is -0.123. The van der Waals surface area contributed by atoms with Crippen molar-refractivity contribution in [2.24, 2.45) is 0 Å². The lowest BCUT2D eigenvalue weighted by Gasteiger charge is -2.24. The van der Waals surface area contributed by atoms with E-state index < -0.39 is 33.2 Å². The van der Waals surface area contributed by atoms with Crippen LogP contribution in [0.3, 0.4) is 0 Å². The van der Waals surface area contributed by atoms with Crippen LogP contribution in [0.25, 0.3) is 0 Å². The Morgan fingerprint density at radius 2 is 1.89 bits per heavy atom. The first-order valence-corrected chi connectivity index (χ1v) is 6.88. The summed E-state index contributed by atoms with van der Waals surface area (Å²) in [5, 5.41) is 2.43. The van der Waals surface area contributed by atoms with Gasteiger partial charge in [0.25, 0.3) is 16.0 Å². The summed E-state index contributed by atoms with van der Waals surface area (Å²) in [6.07, 6.45) is 1.03. The van der Waals surface area contributed by atoms with E-state index in [0.717, 1.165) is 6.08 Å². The molecule has 0 spiro atoms. The number of nitrogens with one attached hydrogen (secondary N) is 2. The summed E-state index contributed by atoms with van der Waals surface area (Å²) >= 11 is 0. The van der Waals surface area contributed by atoms with E-state index in [2.05, 4.69) is 22.8 Å². The third-order valence-corrected chi connectivity index (χ3v) is 3.25. The van der Waals surface area contributed by atoms with Crippen LogP contribution in [0.2, 0.25) is 0 Å². The van der Waals surface area contributed by atoms with Crippen LogP contribution in [-0.4, -0.2) is 31.5 Å². The Labute approximate surface area is 112 Å². The summed E-state index contributed by atoms with van der Waals surface area (Å²) in [4.78, 5) is 22.2. The third kappa shape index (κ3) is 7.37. The van der Waals surface area contributed by atoms with E-state index in [1.807, 2.05) is 0 Å². The lowest BCUT2D eigenvalue weighted by atomic mass is 10.1. The predicted octanol–water partition coefficient (Wildman–Crippen LogP) is 0.0209. The Balaban J connectivity index is 4.59. The number of hydrogen-bond donors (Lipinski definition) is 2. The fourth-order valence-corrected chi connectivity index (χ4v) is 2.30. The van der Waals surface area contributed by atoms with E-state index in [1.54, 1.807) is 5.48 Å². The second-order valence-electron chi connectivity index (χ2n) is 4.57. The summed E-state index contributed by atoms with van der Waals surface area (Å²) in [5.41, 5.74) is 0.788. The molecule has 2 amide bonds. The first kappa shape index (κ1) is 17.3. The number of carbonyl (C=O) groups is 2. The standard InChI is InChI=1S/C11H18N2O5S/c1-6-9(14)12-11(4,5)7-19(16,17)18-13-10(15)8(2)3/h6H,1-2,7H2,3-5H3,(H,12,14)(H,13,15). The molecule has 8 heteroatoms. The molecule has 0 aliphatic rings. The topological polar surface area (TPSA) is 102 Å². The van der Waals surface area contributed by atoms with Crippen LogP contribution in [0.5, 0.6) is 0 Å². The molecule has 2 N–H and O–H groups in total. The highest BCUT2D eigenvalue weighted by Gasteiger charge is 2.28. The minimum atomic E-state index is -4.04. The zero-order valence-corrected chi connectivity index (χ0v) is 12.0. The van der Waals surface area contributed by atoms with Gasteiger partial charge in [-0.3, -0.25) is 9.59 Å². The third-order valence-electron chi connectivity index (χ3n) is 1.83. The smallest absolute Gasteiger partial charge is 0.290 e. The van der Waals surface area contributed by atoms with E-state index in [-0.39, 0.29) is 5.57 Å². The van der Waals surface area contributed by atoms with Gasteiger partial charge < -0.3 is 5.32 Å². The van der Waals surface area contributed by atoms with Gasteiger partial charge in [-0.15, -0.1) is 4.28 Å². The molecule has 108 valence electrons. The Morgan fingerprint density at radius 1 is 1.37 bits per heavy atom. The molecular weight excluding hydrogens is 272 g/mol. The molecule has 0 unspecified atom stereocenters. The monoisotopic (exact) mass is 290 g/mol. The molecule has 7 nitrogen and oxygen atoms in total. The molecule has 0 rings (SSSR count). The predicted molar refractivity (Wildman–Crippen MR) is 70.2 cm³/mol. The highest BCUT2D eigenvalue weighted by molar-refractivity contribution is 7.86. The normalized spacial score (nSPS) is 11.5. The van der Waals surface area contributed by atoms with Crippen LogP contribution in [0.1, 0.15) is 20.8 Å². The molecule has 0 aromatic heterocycles. The fourth-order valence-electron chi connectivity index (χ4n) is 1.08. The molecule has 0 aromatic rings. The largest absolute Gasteiger partial charge is 0.347 e. The summed E-state index contributed by atoms with van der Waals surface area (Å²) < 4.78 is 27.5. The minimum absolute atomic E-state index is 0.106. The molecule has 0 saturated carbocycles. The average molecular weight is 290 g/mol. The molecule has 0 radical (unpaired) electrons.